The maximum absolute atomic E-state index is 12.0. The van der Waals surface area contributed by atoms with Crippen LogP contribution in [0.15, 0.2) is 23.3 Å². The number of imide groups is 1. The zero-order chi connectivity index (χ0) is 14.2. The van der Waals surface area contributed by atoms with Crippen molar-refractivity contribution in [2.45, 2.75) is 40.5 Å². The van der Waals surface area contributed by atoms with Crippen LogP contribution in [0.25, 0.3) is 0 Å². The van der Waals surface area contributed by atoms with Crippen LogP contribution in [-0.2, 0) is 9.59 Å². The predicted octanol–water partition coefficient (Wildman–Crippen LogP) is 2.93. The standard InChI is InChI=1S/C16H23NO2/c1-5-13-6-7-14(8-13)10(2)9-17-15(18)11(3)12(4)16(17)19/h6-7,10,13-14H,5,8-9H2,1-4H3. The fourth-order valence-electron chi connectivity index (χ4n) is 2.94. The largest absolute Gasteiger partial charge is 0.275 e. The summed E-state index contributed by atoms with van der Waals surface area (Å²) in [6.45, 7) is 8.35. The van der Waals surface area contributed by atoms with Crippen molar-refractivity contribution in [1.82, 2.24) is 4.90 Å². The summed E-state index contributed by atoms with van der Waals surface area (Å²) in [6, 6.07) is 0. The third-order valence-corrected chi connectivity index (χ3v) is 4.63. The van der Waals surface area contributed by atoms with Gasteiger partial charge < -0.3 is 0 Å². The molecule has 0 radical (unpaired) electrons. The first-order valence-electron chi connectivity index (χ1n) is 7.17. The molecule has 2 rings (SSSR count). The lowest BCUT2D eigenvalue weighted by molar-refractivity contribution is -0.138. The van der Waals surface area contributed by atoms with E-state index < -0.39 is 0 Å². The van der Waals surface area contributed by atoms with Gasteiger partial charge in [0.15, 0.2) is 0 Å². The van der Waals surface area contributed by atoms with Gasteiger partial charge in [0.25, 0.3) is 11.8 Å². The normalized spacial score (nSPS) is 28.7. The van der Waals surface area contributed by atoms with E-state index in [1.165, 1.54) is 11.3 Å². The third kappa shape index (κ3) is 2.51. The van der Waals surface area contributed by atoms with Crippen molar-refractivity contribution in [3.05, 3.63) is 23.3 Å². The predicted molar refractivity (Wildman–Crippen MR) is 75.3 cm³/mol. The Morgan fingerprint density at radius 1 is 1.21 bits per heavy atom. The molecule has 0 aromatic rings. The number of amides is 2. The number of nitrogens with zero attached hydrogens (tertiary/aromatic N) is 1. The molecule has 0 fully saturated rings. The lowest BCUT2D eigenvalue weighted by Gasteiger charge is -2.24. The van der Waals surface area contributed by atoms with Crippen molar-refractivity contribution < 1.29 is 9.59 Å². The Balaban J connectivity index is 1.98. The van der Waals surface area contributed by atoms with Crippen molar-refractivity contribution in [3.8, 4) is 0 Å². The Kier molecular flexibility index (Phi) is 3.93. The Hall–Kier alpha value is -1.38. The molecule has 3 heteroatoms. The van der Waals surface area contributed by atoms with Gasteiger partial charge in [-0.1, -0.05) is 26.0 Å². The molecule has 0 spiro atoms. The molecule has 0 aromatic carbocycles. The fourth-order valence-corrected chi connectivity index (χ4v) is 2.94. The van der Waals surface area contributed by atoms with Crippen LogP contribution in [0.4, 0.5) is 0 Å². The van der Waals surface area contributed by atoms with Crippen LogP contribution < -0.4 is 0 Å². The van der Waals surface area contributed by atoms with E-state index in [4.69, 9.17) is 0 Å². The van der Waals surface area contributed by atoms with Gasteiger partial charge in [-0.05, 0) is 44.4 Å². The first-order valence-corrected chi connectivity index (χ1v) is 7.17. The molecule has 0 N–H and O–H groups in total. The lowest BCUT2D eigenvalue weighted by atomic mass is 9.90. The summed E-state index contributed by atoms with van der Waals surface area (Å²) in [6.07, 6.45) is 6.86. The zero-order valence-electron chi connectivity index (χ0n) is 12.3. The van der Waals surface area contributed by atoms with Crippen molar-refractivity contribution in [2.24, 2.45) is 17.8 Å². The van der Waals surface area contributed by atoms with Gasteiger partial charge in [-0.3, -0.25) is 14.5 Å². The molecule has 0 bridgehead atoms. The molecule has 1 aliphatic heterocycles. The lowest BCUT2D eigenvalue weighted by Crippen LogP contribution is -2.37. The van der Waals surface area contributed by atoms with Crippen molar-refractivity contribution >= 4 is 11.8 Å². The molecule has 0 saturated heterocycles. The van der Waals surface area contributed by atoms with Gasteiger partial charge in [0, 0.05) is 17.7 Å². The number of carbonyl (C=O) groups is 2. The van der Waals surface area contributed by atoms with Gasteiger partial charge in [0.1, 0.15) is 0 Å². The minimum atomic E-state index is -0.108. The average molecular weight is 261 g/mol. The SMILES string of the molecule is CCC1C=CC(C(C)CN2C(=O)C(C)=C(C)C2=O)C1. The van der Waals surface area contributed by atoms with Crippen LogP contribution in [-0.4, -0.2) is 23.3 Å². The average Bonchev–Trinajstić information content (AvgIpc) is 2.95. The van der Waals surface area contributed by atoms with Gasteiger partial charge in [-0.2, -0.15) is 0 Å². The van der Waals surface area contributed by atoms with Crippen LogP contribution in [0.3, 0.4) is 0 Å². The monoisotopic (exact) mass is 261 g/mol. The number of hydrogen-bond acceptors (Lipinski definition) is 2. The summed E-state index contributed by atoms with van der Waals surface area (Å²) in [7, 11) is 0. The quantitative estimate of drug-likeness (QED) is 0.576. The molecule has 2 amide bonds. The second kappa shape index (κ2) is 5.32. The molecule has 2 aliphatic rings. The fraction of sp³-hybridized carbons (Fsp3) is 0.625. The van der Waals surface area contributed by atoms with Gasteiger partial charge in [-0.25, -0.2) is 0 Å². The molecular weight excluding hydrogens is 238 g/mol. The van der Waals surface area contributed by atoms with Gasteiger partial charge in [0.05, 0.1) is 0 Å². The maximum Gasteiger partial charge on any atom is 0.256 e. The smallest absolute Gasteiger partial charge is 0.256 e. The van der Waals surface area contributed by atoms with E-state index in [2.05, 4.69) is 26.0 Å². The van der Waals surface area contributed by atoms with E-state index in [1.807, 2.05) is 0 Å². The second-order valence-electron chi connectivity index (χ2n) is 5.90. The Bertz CT molecular complexity index is 437. The topological polar surface area (TPSA) is 37.4 Å². The van der Waals surface area contributed by atoms with Gasteiger partial charge in [-0.15, -0.1) is 0 Å². The zero-order valence-corrected chi connectivity index (χ0v) is 12.3. The third-order valence-electron chi connectivity index (χ3n) is 4.63. The second-order valence-corrected chi connectivity index (χ2v) is 5.90. The summed E-state index contributed by atoms with van der Waals surface area (Å²) in [5, 5.41) is 0. The highest BCUT2D eigenvalue weighted by Crippen LogP contribution is 2.32. The van der Waals surface area contributed by atoms with Crippen LogP contribution in [0.1, 0.15) is 40.5 Å². The molecule has 1 heterocycles. The van der Waals surface area contributed by atoms with Crippen molar-refractivity contribution in [2.75, 3.05) is 6.54 Å². The van der Waals surface area contributed by atoms with Crippen LogP contribution >= 0.6 is 0 Å². The first-order chi connectivity index (χ1) is 8.95. The van der Waals surface area contributed by atoms with E-state index >= 15 is 0 Å². The maximum atomic E-state index is 12.0. The number of carbonyl (C=O) groups excluding carboxylic acids is 2. The summed E-state index contributed by atoms with van der Waals surface area (Å²) < 4.78 is 0. The summed E-state index contributed by atoms with van der Waals surface area (Å²) in [5.74, 6) is 1.27. The minimum Gasteiger partial charge on any atom is -0.275 e. The van der Waals surface area contributed by atoms with Crippen LogP contribution in [0.2, 0.25) is 0 Å². The van der Waals surface area contributed by atoms with Crippen LogP contribution in [0, 0.1) is 17.8 Å². The van der Waals surface area contributed by atoms with Crippen molar-refractivity contribution in [3.63, 3.8) is 0 Å². The highest BCUT2D eigenvalue weighted by molar-refractivity contribution is 6.18. The Morgan fingerprint density at radius 3 is 2.26 bits per heavy atom. The molecule has 3 atom stereocenters. The summed E-state index contributed by atoms with van der Waals surface area (Å²) in [5.41, 5.74) is 1.20. The van der Waals surface area contributed by atoms with E-state index in [-0.39, 0.29) is 11.8 Å². The first kappa shape index (κ1) is 14.0. The van der Waals surface area contributed by atoms with Gasteiger partial charge >= 0.3 is 0 Å². The molecule has 1 aliphatic carbocycles. The number of allylic oxidation sites excluding steroid dienone is 2. The number of rotatable bonds is 4. The Labute approximate surface area is 115 Å². The van der Waals surface area contributed by atoms with Crippen LogP contribution in [0.5, 0.6) is 0 Å². The van der Waals surface area contributed by atoms with E-state index in [0.717, 1.165) is 6.42 Å². The minimum absolute atomic E-state index is 0.108. The molecule has 0 saturated carbocycles. The summed E-state index contributed by atoms with van der Waals surface area (Å²) in [4.78, 5) is 25.5. The highest BCUT2D eigenvalue weighted by Gasteiger charge is 2.35. The molecular formula is C16H23NO2. The molecule has 3 nitrogen and oxygen atoms in total. The number of hydrogen-bond donors (Lipinski definition) is 0. The van der Waals surface area contributed by atoms with Crippen molar-refractivity contribution in [1.29, 1.82) is 0 Å². The van der Waals surface area contributed by atoms with Gasteiger partial charge in [0.2, 0.25) is 0 Å². The van der Waals surface area contributed by atoms with E-state index in [1.54, 1.807) is 13.8 Å². The molecule has 0 aromatic heterocycles. The summed E-state index contributed by atoms with van der Waals surface area (Å²) >= 11 is 0. The Morgan fingerprint density at radius 2 is 1.79 bits per heavy atom. The molecule has 104 valence electrons. The molecule has 19 heavy (non-hydrogen) atoms. The molecule has 3 unspecified atom stereocenters. The van der Waals surface area contributed by atoms with E-state index in [9.17, 15) is 9.59 Å². The highest BCUT2D eigenvalue weighted by atomic mass is 16.2. The van der Waals surface area contributed by atoms with E-state index in [0.29, 0.717) is 35.4 Å².